The second-order valence-electron chi connectivity index (χ2n) is 4.13. The number of hydrogen-bond acceptors (Lipinski definition) is 4. The lowest BCUT2D eigenvalue weighted by Crippen LogP contribution is -2.19. The zero-order valence-electron chi connectivity index (χ0n) is 9.90. The number of anilines is 1. The Labute approximate surface area is 95.5 Å². The Hall–Kier alpha value is -1.23. The third kappa shape index (κ3) is 2.14. The normalized spacial score (nSPS) is 20.2. The van der Waals surface area contributed by atoms with Crippen molar-refractivity contribution >= 4 is 5.69 Å². The van der Waals surface area contributed by atoms with Gasteiger partial charge in [0.05, 0.1) is 18.9 Å². The van der Waals surface area contributed by atoms with Crippen molar-refractivity contribution in [2.24, 2.45) is 0 Å². The van der Waals surface area contributed by atoms with Gasteiger partial charge in [0.15, 0.2) is 0 Å². The summed E-state index contributed by atoms with van der Waals surface area (Å²) in [5.74, 6) is 0.704. The van der Waals surface area contributed by atoms with Crippen LogP contribution in [0.2, 0.25) is 0 Å². The molecule has 1 fully saturated rings. The molecule has 2 heterocycles. The molecular weight excluding hydrogens is 206 g/mol. The van der Waals surface area contributed by atoms with Crippen molar-refractivity contribution in [3.63, 3.8) is 0 Å². The summed E-state index contributed by atoms with van der Waals surface area (Å²) in [5.41, 5.74) is 7.45. The molecule has 2 rings (SSSR count). The van der Waals surface area contributed by atoms with E-state index >= 15 is 0 Å². The van der Waals surface area contributed by atoms with Gasteiger partial charge in [-0.1, -0.05) is 6.92 Å². The number of aromatic nitrogens is 2. The van der Waals surface area contributed by atoms with Crippen molar-refractivity contribution in [3.05, 3.63) is 5.69 Å². The fourth-order valence-corrected chi connectivity index (χ4v) is 1.83. The van der Waals surface area contributed by atoms with Crippen LogP contribution in [0.15, 0.2) is 0 Å². The van der Waals surface area contributed by atoms with E-state index in [0.717, 1.165) is 31.7 Å². The second-order valence-corrected chi connectivity index (χ2v) is 4.13. The summed E-state index contributed by atoms with van der Waals surface area (Å²) in [7, 11) is 0. The summed E-state index contributed by atoms with van der Waals surface area (Å²) < 4.78 is 13.0. The molecule has 2 N–H and O–H groups in total. The molecule has 90 valence electrons. The molecular formula is C11H19N3O2. The van der Waals surface area contributed by atoms with Gasteiger partial charge in [-0.3, -0.25) is 0 Å². The van der Waals surface area contributed by atoms with Crippen LogP contribution in [0, 0.1) is 6.92 Å². The fraction of sp³-hybridized carbons (Fsp3) is 0.727. The van der Waals surface area contributed by atoms with E-state index in [0.29, 0.717) is 18.2 Å². The molecule has 16 heavy (non-hydrogen) atoms. The van der Waals surface area contributed by atoms with Gasteiger partial charge in [-0.15, -0.1) is 0 Å². The number of nitrogens with two attached hydrogens (primary N) is 1. The third-order valence-electron chi connectivity index (χ3n) is 2.73. The van der Waals surface area contributed by atoms with Crippen molar-refractivity contribution in [2.45, 2.75) is 39.3 Å². The molecule has 0 aliphatic carbocycles. The molecule has 1 aliphatic heterocycles. The quantitative estimate of drug-likeness (QED) is 0.840. The van der Waals surface area contributed by atoms with E-state index in [1.54, 1.807) is 0 Å². The smallest absolute Gasteiger partial charge is 0.236 e. The number of hydrogen-bond donors (Lipinski definition) is 1. The highest BCUT2D eigenvalue weighted by atomic mass is 16.6. The lowest BCUT2D eigenvalue weighted by atomic mass is 10.3. The molecule has 0 aromatic carbocycles. The largest absolute Gasteiger partial charge is 0.471 e. The Morgan fingerprint density at radius 3 is 3.06 bits per heavy atom. The van der Waals surface area contributed by atoms with Crippen molar-refractivity contribution in [1.29, 1.82) is 0 Å². The van der Waals surface area contributed by atoms with E-state index in [1.165, 1.54) is 0 Å². The standard InChI is InChI=1S/C11H19N3O2/c1-3-5-14-11(10(12)8(2)13-14)16-9-4-6-15-7-9/h9H,3-7,12H2,1-2H3. The van der Waals surface area contributed by atoms with E-state index in [-0.39, 0.29) is 6.10 Å². The van der Waals surface area contributed by atoms with E-state index in [1.807, 2.05) is 11.6 Å². The molecule has 1 saturated heterocycles. The lowest BCUT2D eigenvalue weighted by Gasteiger charge is -2.13. The Morgan fingerprint density at radius 2 is 2.44 bits per heavy atom. The molecule has 1 atom stereocenters. The Bertz CT molecular complexity index is 356. The van der Waals surface area contributed by atoms with Gasteiger partial charge in [-0.25, -0.2) is 4.68 Å². The average molecular weight is 225 g/mol. The number of ether oxygens (including phenoxy) is 2. The minimum Gasteiger partial charge on any atom is -0.471 e. The van der Waals surface area contributed by atoms with Gasteiger partial charge in [0.2, 0.25) is 5.88 Å². The van der Waals surface area contributed by atoms with Gasteiger partial charge in [0, 0.05) is 13.0 Å². The minimum atomic E-state index is 0.119. The molecule has 0 spiro atoms. The fourth-order valence-electron chi connectivity index (χ4n) is 1.83. The van der Waals surface area contributed by atoms with E-state index < -0.39 is 0 Å². The maximum absolute atomic E-state index is 5.96. The van der Waals surface area contributed by atoms with Gasteiger partial charge in [-0.2, -0.15) is 5.10 Å². The topological polar surface area (TPSA) is 62.3 Å². The van der Waals surface area contributed by atoms with Crippen molar-refractivity contribution < 1.29 is 9.47 Å². The zero-order valence-corrected chi connectivity index (χ0v) is 9.90. The highest BCUT2D eigenvalue weighted by Gasteiger charge is 2.22. The van der Waals surface area contributed by atoms with Crippen LogP contribution in [0.3, 0.4) is 0 Å². The summed E-state index contributed by atoms with van der Waals surface area (Å²) in [6.07, 6.45) is 2.06. The molecule has 1 aliphatic rings. The molecule has 1 unspecified atom stereocenters. The summed E-state index contributed by atoms with van der Waals surface area (Å²) in [5, 5.41) is 4.37. The highest BCUT2D eigenvalue weighted by Crippen LogP contribution is 2.27. The monoisotopic (exact) mass is 225 g/mol. The van der Waals surface area contributed by atoms with Crippen LogP contribution in [0.5, 0.6) is 5.88 Å². The molecule has 0 amide bonds. The van der Waals surface area contributed by atoms with Gasteiger partial charge in [0.1, 0.15) is 11.8 Å². The van der Waals surface area contributed by atoms with Crippen LogP contribution < -0.4 is 10.5 Å². The maximum atomic E-state index is 5.96. The summed E-state index contributed by atoms with van der Waals surface area (Å²) in [4.78, 5) is 0. The van der Waals surface area contributed by atoms with E-state index in [4.69, 9.17) is 15.2 Å². The minimum absolute atomic E-state index is 0.119. The Morgan fingerprint density at radius 1 is 1.62 bits per heavy atom. The molecule has 0 bridgehead atoms. The summed E-state index contributed by atoms with van der Waals surface area (Å²) >= 11 is 0. The predicted octanol–water partition coefficient (Wildman–Crippen LogP) is 1.35. The van der Waals surface area contributed by atoms with Crippen LogP contribution in [0.25, 0.3) is 0 Å². The van der Waals surface area contributed by atoms with Crippen LogP contribution in [-0.2, 0) is 11.3 Å². The van der Waals surface area contributed by atoms with Crippen LogP contribution >= 0.6 is 0 Å². The first kappa shape index (κ1) is 11.3. The van der Waals surface area contributed by atoms with Gasteiger partial charge < -0.3 is 15.2 Å². The van der Waals surface area contributed by atoms with E-state index in [9.17, 15) is 0 Å². The first-order valence-corrected chi connectivity index (χ1v) is 5.79. The highest BCUT2D eigenvalue weighted by molar-refractivity contribution is 5.52. The Kier molecular flexibility index (Phi) is 3.33. The SMILES string of the molecule is CCCn1nc(C)c(N)c1OC1CCOC1. The van der Waals surface area contributed by atoms with E-state index in [2.05, 4.69) is 12.0 Å². The van der Waals surface area contributed by atoms with Crippen molar-refractivity contribution in [3.8, 4) is 5.88 Å². The summed E-state index contributed by atoms with van der Waals surface area (Å²) in [6.45, 7) is 6.26. The molecule has 0 radical (unpaired) electrons. The number of nitrogen functional groups attached to an aromatic ring is 1. The van der Waals surface area contributed by atoms with Gasteiger partial charge >= 0.3 is 0 Å². The summed E-state index contributed by atoms with van der Waals surface area (Å²) in [6, 6.07) is 0. The average Bonchev–Trinajstić information content (AvgIpc) is 2.84. The van der Waals surface area contributed by atoms with Crippen LogP contribution in [-0.4, -0.2) is 29.1 Å². The van der Waals surface area contributed by atoms with Crippen LogP contribution in [0.1, 0.15) is 25.5 Å². The third-order valence-corrected chi connectivity index (χ3v) is 2.73. The molecule has 1 aromatic rings. The van der Waals surface area contributed by atoms with Crippen molar-refractivity contribution in [2.75, 3.05) is 18.9 Å². The zero-order chi connectivity index (χ0) is 11.5. The molecule has 5 heteroatoms. The molecule has 5 nitrogen and oxygen atoms in total. The number of aryl methyl sites for hydroxylation is 2. The number of nitrogens with zero attached hydrogens (tertiary/aromatic N) is 2. The first-order valence-electron chi connectivity index (χ1n) is 5.79. The molecule has 1 aromatic heterocycles. The van der Waals surface area contributed by atoms with Crippen molar-refractivity contribution in [1.82, 2.24) is 9.78 Å². The Balaban J connectivity index is 2.16. The maximum Gasteiger partial charge on any atom is 0.236 e. The second kappa shape index (κ2) is 4.74. The molecule has 0 saturated carbocycles. The van der Waals surface area contributed by atoms with Gasteiger partial charge in [0.25, 0.3) is 0 Å². The predicted molar refractivity (Wildman–Crippen MR) is 61.5 cm³/mol. The van der Waals surface area contributed by atoms with Crippen LogP contribution in [0.4, 0.5) is 5.69 Å². The van der Waals surface area contributed by atoms with Gasteiger partial charge in [-0.05, 0) is 13.3 Å². The lowest BCUT2D eigenvalue weighted by molar-refractivity contribution is 0.134. The first-order chi connectivity index (χ1) is 7.72. The number of rotatable bonds is 4.